The second kappa shape index (κ2) is 9.61. The molecular formula is C23H35N5O3. The van der Waals surface area contributed by atoms with Crippen LogP contribution in [0.3, 0.4) is 0 Å². The molecule has 0 aromatic carbocycles. The number of carbonyl (C=O) groups is 2. The number of hydrogen-bond donors (Lipinski definition) is 1. The highest BCUT2D eigenvalue weighted by Crippen LogP contribution is 2.42. The SMILES string of the molecule is Cc1ncc(CN2C[C@@H](CC(=O)NC(C)C)[C@H]3[C@H](CC(=O)N4CCCC4)OC[C@H]32)cn1. The lowest BCUT2D eigenvalue weighted by Crippen LogP contribution is -2.37. The molecule has 4 heterocycles. The Morgan fingerprint density at radius 1 is 1.19 bits per heavy atom. The second-order valence-corrected chi connectivity index (χ2v) is 9.56. The topological polar surface area (TPSA) is 87.7 Å². The summed E-state index contributed by atoms with van der Waals surface area (Å²) < 4.78 is 6.18. The fourth-order valence-electron chi connectivity index (χ4n) is 5.42. The first-order chi connectivity index (χ1) is 14.9. The molecule has 3 aliphatic rings. The van der Waals surface area contributed by atoms with E-state index in [2.05, 4.69) is 20.2 Å². The molecule has 1 aromatic rings. The van der Waals surface area contributed by atoms with Gasteiger partial charge in [0.05, 0.1) is 19.1 Å². The zero-order valence-corrected chi connectivity index (χ0v) is 18.9. The van der Waals surface area contributed by atoms with Crippen molar-refractivity contribution in [2.75, 3.05) is 26.2 Å². The van der Waals surface area contributed by atoms with Gasteiger partial charge in [-0.2, -0.15) is 0 Å². The van der Waals surface area contributed by atoms with Crippen LogP contribution in [0.2, 0.25) is 0 Å². The molecule has 0 radical (unpaired) electrons. The predicted octanol–water partition coefficient (Wildman–Crippen LogP) is 1.53. The van der Waals surface area contributed by atoms with Gasteiger partial charge >= 0.3 is 0 Å². The van der Waals surface area contributed by atoms with Gasteiger partial charge in [-0.15, -0.1) is 0 Å². The first-order valence-electron chi connectivity index (χ1n) is 11.6. The number of rotatable bonds is 7. The van der Waals surface area contributed by atoms with Crippen molar-refractivity contribution in [3.63, 3.8) is 0 Å². The van der Waals surface area contributed by atoms with Crippen molar-refractivity contribution < 1.29 is 14.3 Å². The van der Waals surface area contributed by atoms with Gasteiger partial charge in [0.15, 0.2) is 0 Å². The van der Waals surface area contributed by atoms with Crippen LogP contribution in [0.25, 0.3) is 0 Å². The first kappa shape index (κ1) is 22.1. The average molecular weight is 430 g/mol. The number of aryl methyl sites for hydroxylation is 1. The van der Waals surface area contributed by atoms with Gasteiger partial charge in [0.2, 0.25) is 11.8 Å². The number of nitrogens with one attached hydrogen (secondary N) is 1. The van der Waals surface area contributed by atoms with Gasteiger partial charge in [0.25, 0.3) is 0 Å². The number of amides is 2. The number of aromatic nitrogens is 2. The molecule has 1 aromatic heterocycles. The maximum atomic E-state index is 12.8. The van der Waals surface area contributed by atoms with E-state index in [1.807, 2.05) is 38.1 Å². The van der Waals surface area contributed by atoms with Crippen LogP contribution in [0.5, 0.6) is 0 Å². The molecule has 0 saturated carbocycles. The van der Waals surface area contributed by atoms with Gasteiger partial charge in [-0.25, -0.2) is 9.97 Å². The van der Waals surface area contributed by atoms with Crippen molar-refractivity contribution in [3.05, 3.63) is 23.8 Å². The number of hydrogen-bond acceptors (Lipinski definition) is 6. The molecule has 2 amide bonds. The number of fused-ring (bicyclic) bond motifs is 1. The third-order valence-corrected chi connectivity index (χ3v) is 6.79. The third kappa shape index (κ3) is 5.23. The Morgan fingerprint density at radius 3 is 2.58 bits per heavy atom. The van der Waals surface area contributed by atoms with Gasteiger partial charge in [-0.05, 0) is 39.5 Å². The molecular weight excluding hydrogens is 394 g/mol. The van der Waals surface area contributed by atoms with Gasteiger partial charge in [-0.1, -0.05) is 0 Å². The van der Waals surface area contributed by atoms with E-state index in [-0.39, 0.29) is 41.8 Å². The van der Waals surface area contributed by atoms with Crippen molar-refractivity contribution in [2.45, 2.75) is 71.2 Å². The molecule has 1 N–H and O–H groups in total. The van der Waals surface area contributed by atoms with E-state index in [1.54, 1.807) is 0 Å². The average Bonchev–Trinajstić information content (AvgIpc) is 3.43. The van der Waals surface area contributed by atoms with Crippen molar-refractivity contribution in [2.24, 2.45) is 11.8 Å². The van der Waals surface area contributed by atoms with Crippen LogP contribution in [0.1, 0.15) is 50.9 Å². The summed E-state index contributed by atoms with van der Waals surface area (Å²) in [4.78, 5) is 38.4. The van der Waals surface area contributed by atoms with Crippen LogP contribution < -0.4 is 5.32 Å². The summed E-state index contributed by atoms with van der Waals surface area (Å²) in [7, 11) is 0. The number of ether oxygens (including phenoxy) is 1. The predicted molar refractivity (Wildman–Crippen MR) is 116 cm³/mol. The highest BCUT2D eigenvalue weighted by Gasteiger charge is 2.51. The summed E-state index contributed by atoms with van der Waals surface area (Å²) in [6.07, 6.45) is 6.71. The Morgan fingerprint density at radius 2 is 1.90 bits per heavy atom. The van der Waals surface area contributed by atoms with Gasteiger partial charge < -0.3 is 15.0 Å². The molecule has 3 aliphatic heterocycles. The zero-order valence-electron chi connectivity index (χ0n) is 18.9. The summed E-state index contributed by atoms with van der Waals surface area (Å²) in [5.74, 6) is 1.40. The van der Waals surface area contributed by atoms with Crippen LogP contribution in [0, 0.1) is 18.8 Å². The minimum Gasteiger partial charge on any atom is -0.376 e. The summed E-state index contributed by atoms with van der Waals surface area (Å²) in [5, 5.41) is 3.03. The molecule has 0 spiro atoms. The molecule has 3 saturated heterocycles. The number of nitrogens with zero attached hydrogens (tertiary/aromatic N) is 4. The highest BCUT2D eigenvalue weighted by molar-refractivity contribution is 5.77. The normalized spacial score (nSPS) is 28.3. The van der Waals surface area contributed by atoms with Crippen molar-refractivity contribution in [1.82, 2.24) is 25.1 Å². The molecule has 3 fully saturated rings. The van der Waals surface area contributed by atoms with Gasteiger partial charge in [-0.3, -0.25) is 14.5 Å². The van der Waals surface area contributed by atoms with E-state index in [9.17, 15) is 9.59 Å². The maximum absolute atomic E-state index is 12.8. The van der Waals surface area contributed by atoms with E-state index in [4.69, 9.17) is 4.74 Å². The van der Waals surface area contributed by atoms with E-state index in [0.29, 0.717) is 19.4 Å². The lowest BCUT2D eigenvalue weighted by atomic mass is 9.84. The van der Waals surface area contributed by atoms with Crippen LogP contribution in [0.15, 0.2) is 12.4 Å². The standard InChI is InChI=1S/C23H35N5O3/c1-15(2)26-21(29)8-18-13-28(12-17-10-24-16(3)25-11-17)19-14-31-20(23(18)19)9-22(30)27-6-4-5-7-27/h10-11,15,18-20,23H,4-9,12-14H2,1-3H3,(H,26,29)/t18-,19-,20+,23-/m1/s1. The molecule has 4 rings (SSSR count). The van der Waals surface area contributed by atoms with Gasteiger partial charge in [0, 0.05) is 68.6 Å². The maximum Gasteiger partial charge on any atom is 0.225 e. The smallest absolute Gasteiger partial charge is 0.225 e. The minimum absolute atomic E-state index is 0.0794. The molecule has 8 heteroatoms. The first-order valence-corrected chi connectivity index (χ1v) is 11.6. The zero-order chi connectivity index (χ0) is 22.0. The molecule has 4 atom stereocenters. The molecule has 0 bridgehead atoms. The monoisotopic (exact) mass is 429 g/mol. The second-order valence-electron chi connectivity index (χ2n) is 9.56. The Balaban J connectivity index is 1.47. The van der Waals surface area contributed by atoms with E-state index in [0.717, 1.165) is 50.4 Å². The Hall–Kier alpha value is -2.06. The summed E-state index contributed by atoms with van der Waals surface area (Å²) in [5.41, 5.74) is 1.06. The minimum atomic E-state index is -0.116. The lowest BCUT2D eigenvalue weighted by Gasteiger charge is -2.25. The molecule has 0 unspecified atom stereocenters. The van der Waals surface area contributed by atoms with Crippen molar-refractivity contribution in [3.8, 4) is 0 Å². The van der Waals surface area contributed by atoms with E-state index < -0.39 is 0 Å². The van der Waals surface area contributed by atoms with Crippen LogP contribution >= 0.6 is 0 Å². The third-order valence-electron chi connectivity index (χ3n) is 6.79. The lowest BCUT2D eigenvalue weighted by molar-refractivity contribution is -0.133. The summed E-state index contributed by atoms with van der Waals surface area (Å²) >= 11 is 0. The summed E-state index contributed by atoms with van der Waals surface area (Å²) in [6, 6.07) is 0.340. The highest BCUT2D eigenvalue weighted by atomic mass is 16.5. The fourth-order valence-corrected chi connectivity index (χ4v) is 5.42. The Kier molecular flexibility index (Phi) is 6.86. The number of carbonyl (C=O) groups excluding carboxylic acids is 2. The molecule has 8 nitrogen and oxygen atoms in total. The molecule has 170 valence electrons. The Bertz CT molecular complexity index is 778. The van der Waals surface area contributed by atoms with E-state index in [1.165, 1.54) is 0 Å². The fraction of sp³-hybridized carbons (Fsp3) is 0.739. The van der Waals surface area contributed by atoms with Crippen LogP contribution in [-0.4, -0.2) is 76.0 Å². The largest absolute Gasteiger partial charge is 0.376 e. The van der Waals surface area contributed by atoms with E-state index >= 15 is 0 Å². The molecule has 31 heavy (non-hydrogen) atoms. The quantitative estimate of drug-likeness (QED) is 0.707. The molecule has 0 aliphatic carbocycles. The van der Waals surface area contributed by atoms with Crippen LogP contribution in [-0.2, 0) is 20.9 Å². The Labute approximate surface area is 184 Å². The van der Waals surface area contributed by atoms with Gasteiger partial charge in [0.1, 0.15) is 5.82 Å². The summed E-state index contributed by atoms with van der Waals surface area (Å²) in [6.45, 7) is 9.74. The van der Waals surface area contributed by atoms with Crippen LogP contribution in [0.4, 0.5) is 0 Å². The van der Waals surface area contributed by atoms with Crippen molar-refractivity contribution in [1.29, 1.82) is 0 Å². The van der Waals surface area contributed by atoms with Crippen molar-refractivity contribution >= 4 is 11.8 Å². The number of likely N-dealkylation sites (tertiary alicyclic amines) is 2.